The monoisotopic (exact) mass is 714 g/mol. The third-order valence-electron chi connectivity index (χ3n) is 9.31. The second-order valence-corrected chi connectivity index (χ2v) is 12.7. The molecule has 3 heterocycles. The number of carbonyl (C=O) groups is 4. The predicted molar refractivity (Wildman–Crippen MR) is 195 cm³/mol. The van der Waals surface area contributed by atoms with Crippen LogP contribution in [0.2, 0.25) is 0 Å². The van der Waals surface area contributed by atoms with Gasteiger partial charge in [-0.3, -0.25) is 19.2 Å². The number of allylic oxidation sites excluding steroid dienone is 1. The number of aromatic nitrogens is 2. The molecular weight excluding hydrogens is 688 g/mol. The van der Waals surface area contributed by atoms with Gasteiger partial charge in [-0.15, -0.1) is 10.2 Å². The van der Waals surface area contributed by atoms with Crippen LogP contribution in [0.25, 0.3) is 22.9 Å². The van der Waals surface area contributed by atoms with Crippen LogP contribution >= 0.6 is 0 Å². The number of aliphatic hydroxyl groups is 1. The van der Waals surface area contributed by atoms with Crippen molar-refractivity contribution in [2.45, 2.75) is 0 Å². The highest BCUT2D eigenvalue weighted by Crippen LogP contribution is 2.37. The van der Waals surface area contributed by atoms with Crippen molar-refractivity contribution in [2.24, 2.45) is 11.8 Å². The number of hydrogen-bond donors (Lipinski definition) is 1. The molecule has 2 aliphatic heterocycles. The van der Waals surface area contributed by atoms with Gasteiger partial charge in [0, 0.05) is 11.1 Å². The van der Waals surface area contributed by atoms with Crippen LogP contribution in [0.3, 0.4) is 0 Å². The third-order valence-corrected chi connectivity index (χ3v) is 9.31. The van der Waals surface area contributed by atoms with Gasteiger partial charge in [0.25, 0.3) is 11.8 Å². The Bertz CT molecular complexity index is 2500. The molecule has 9 rings (SSSR count). The maximum absolute atomic E-state index is 12.9. The Morgan fingerprint density at radius 3 is 1.44 bits per heavy atom. The van der Waals surface area contributed by atoms with Crippen molar-refractivity contribution < 1.29 is 38.2 Å². The first-order valence-electron chi connectivity index (χ1n) is 16.9. The van der Waals surface area contributed by atoms with E-state index in [-0.39, 0.29) is 29.4 Å². The molecule has 12 nitrogen and oxygen atoms in total. The lowest BCUT2D eigenvalue weighted by molar-refractivity contribution is -0.122. The summed E-state index contributed by atoms with van der Waals surface area (Å²) in [5.41, 5.74) is 3.02. The fourth-order valence-corrected chi connectivity index (χ4v) is 6.60. The van der Waals surface area contributed by atoms with E-state index in [9.17, 15) is 24.3 Å². The summed E-state index contributed by atoms with van der Waals surface area (Å²) in [5.74, 6) is -0.0299. The zero-order chi connectivity index (χ0) is 36.9. The summed E-state index contributed by atoms with van der Waals surface area (Å²) >= 11 is 0. The van der Waals surface area contributed by atoms with Crippen molar-refractivity contribution in [2.75, 3.05) is 9.80 Å². The van der Waals surface area contributed by atoms with Gasteiger partial charge in [-0.25, -0.2) is 9.80 Å². The minimum atomic E-state index is -0.714. The van der Waals surface area contributed by atoms with Gasteiger partial charge in [0.05, 0.1) is 34.3 Å². The normalized spacial score (nSPS) is 17.4. The lowest BCUT2D eigenvalue weighted by Crippen LogP contribution is -2.30. The van der Waals surface area contributed by atoms with Crippen molar-refractivity contribution in [1.29, 1.82) is 0 Å². The second-order valence-electron chi connectivity index (χ2n) is 12.7. The van der Waals surface area contributed by atoms with Crippen LogP contribution in [-0.2, 0) is 9.59 Å². The number of carbonyl (C=O) groups excluding carboxylic acids is 4. The third kappa shape index (κ3) is 5.67. The molecule has 262 valence electrons. The average Bonchev–Trinajstić information content (AvgIpc) is 3.86. The minimum absolute atomic E-state index is 0.0293. The van der Waals surface area contributed by atoms with Gasteiger partial charge in [0.2, 0.25) is 23.6 Å². The van der Waals surface area contributed by atoms with Crippen LogP contribution in [0, 0.1) is 11.8 Å². The molecule has 1 fully saturated rings. The van der Waals surface area contributed by atoms with Gasteiger partial charge in [-0.05, 0) is 121 Å². The number of nitrogens with zero attached hydrogens (tertiary/aromatic N) is 4. The van der Waals surface area contributed by atoms with Crippen LogP contribution in [0.1, 0.15) is 20.7 Å². The first-order valence-corrected chi connectivity index (χ1v) is 16.9. The number of benzene rings is 5. The lowest BCUT2D eigenvalue weighted by atomic mass is 9.90. The molecule has 2 atom stereocenters. The molecular formula is C42H26N4O8. The molecule has 54 heavy (non-hydrogen) atoms. The fraction of sp³-hybridized carbons (Fsp3) is 0.0476. The van der Waals surface area contributed by atoms with Crippen LogP contribution in [-0.4, -0.2) is 38.9 Å². The van der Waals surface area contributed by atoms with Crippen molar-refractivity contribution in [3.8, 4) is 45.9 Å². The van der Waals surface area contributed by atoms with E-state index in [1.165, 1.54) is 12.2 Å². The quantitative estimate of drug-likeness (QED) is 0.154. The maximum Gasteiger partial charge on any atom is 0.266 e. The lowest BCUT2D eigenvalue weighted by Gasteiger charge is -2.15. The highest BCUT2D eigenvalue weighted by molar-refractivity contribution is 6.34. The molecule has 0 radical (unpaired) electrons. The first kappa shape index (κ1) is 32.3. The summed E-state index contributed by atoms with van der Waals surface area (Å²) < 4.78 is 17.9. The number of aliphatic hydroxyl groups excluding tert-OH is 1. The van der Waals surface area contributed by atoms with Crippen LogP contribution in [0.5, 0.6) is 23.0 Å². The van der Waals surface area contributed by atoms with E-state index in [2.05, 4.69) is 10.2 Å². The van der Waals surface area contributed by atoms with Crippen LogP contribution < -0.4 is 19.3 Å². The standard InChI is InChI=1S/C42H26N4O8/c47-28-13-22-35-36(23-28)42(51)46(41(35)50)27-11-20-32(21-12-27)53-30-16-7-25(8-17-30)38-44-43-37(54-38)24-5-14-29(15-6-24)52-31-18-9-26(10-19-31)45-39(48)33-3-1-2-4-34(33)40(45)49/h1-23,35-36,47H. The Balaban J connectivity index is 0.814. The van der Waals surface area contributed by atoms with E-state index >= 15 is 0 Å². The first-order chi connectivity index (χ1) is 26.3. The number of hydrogen-bond acceptors (Lipinski definition) is 10. The van der Waals surface area contributed by atoms with Crippen LogP contribution in [0.4, 0.5) is 11.4 Å². The van der Waals surface area contributed by atoms with E-state index in [0.29, 0.717) is 68.4 Å². The summed E-state index contributed by atoms with van der Waals surface area (Å²) in [6, 6.07) is 34.3. The van der Waals surface area contributed by atoms with E-state index in [1.54, 1.807) is 127 Å². The molecule has 0 bridgehead atoms. The number of fused-ring (bicyclic) bond motifs is 2. The van der Waals surface area contributed by atoms with Gasteiger partial charge in [-0.1, -0.05) is 18.2 Å². The van der Waals surface area contributed by atoms with Crippen molar-refractivity contribution in [1.82, 2.24) is 10.2 Å². The van der Waals surface area contributed by atoms with Crippen molar-refractivity contribution in [3.63, 3.8) is 0 Å². The Hall–Kier alpha value is -7.60. The molecule has 2 unspecified atom stereocenters. The van der Waals surface area contributed by atoms with E-state index in [1.807, 2.05) is 0 Å². The summed E-state index contributed by atoms with van der Waals surface area (Å²) in [5, 5.41) is 18.2. The second kappa shape index (κ2) is 12.9. The molecule has 4 amide bonds. The molecule has 0 spiro atoms. The number of ether oxygens (including phenoxy) is 2. The van der Waals surface area contributed by atoms with Crippen molar-refractivity contribution >= 4 is 35.0 Å². The molecule has 3 aliphatic rings. The van der Waals surface area contributed by atoms with Gasteiger partial charge >= 0.3 is 0 Å². The molecule has 12 heteroatoms. The van der Waals surface area contributed by atoms with Gasteiger partial charge in [0.15, 0.2) is 0 Å². The maximum atomic E-state index is 12.9. The Morgan fingerprint density at radius 1 is 0.537 bits per heavy atom. The molecule has 0 saturated carbocycles. The predicted octanol–water partition coefficient (Wildman–Crippen LogP) is 7.91. The highest BCUT2D eigenvalue weighted by Gasteiger charge is 2.47. The SMILES string of the molecule is O=C1c2ccccc2C(=O)N1c1ccc(Oc2ccc(-c3nnc(-c4ccc(Oc5ccc(N6C(=O)C7C=CC(O)=CC7C6=O)cc5)cc4)o3)cc2)cc1. The Morgan fingerprint density at radius 2 is 0.963 bits per heavy atom. The number of imide groups is 2. The summed E-state index contributed by atoms with van der Waals surface area (Å²) in [6.45, 7) is 0. The smallest absolute Gasteiger partial charge is 0.266 e. The average molecular weight is 715 g/mol. The Labute approximate surface area is 306 Å². The van der Waals surface area contributed by atoms with Gasteiger partial charge in [-0.2, -0.15) is 0 Å². The molecule has 1 N–H and O–H groups in total. The Kier molecular flexibility index (Phi) is 7.70. The number of amides is 4. The minimum Gasteiger partial charge on any atom is -0.508 e. The van der Waals surface area contributed by atoms with E-state index in [0.717, 1.165) is 9.80 Å². The molecule has 1 saturated heterocycles. The number of anilines is 2. The largest absolute Gasteiger partial charge is 0.508 e. The van der Waals surface area contributed by atoms with E-state index < -0.39 is 11.8 Å². The summed E-state index contributed by atoms with van der Waals surface area (Å²) in [7, 11) is 0. The zero-order valence-electron chi connectivity index (χ0n) is 28.0. The zero-order valence-corrected chi connectivity index (χ0v) is 28.0. The van der Waals surface area contributed by atoms with Gasteiger partial charge < -0.3 is 19.0 Å². The van der Waals surface area contributed by atoms with Crippen molar-refractivity contribution in [3.05, 3.63) is 156 Å². The highest BCUT2D eigenvalue weighted by atomic mass is 16.5. The summed E-state index contributed by atoms with van der Waals surface area (Å²) in [6.07, 6.45) is 4.39. The molecule has 5 aromatic carbocycles. The van der Waals surface area contributed by atoms with E-state index in [4.69, 9.17) is 13.9 Å². The fourth-order valence-electron chi connectivity index (χ4n) is 6.60. The molecule has 1 aromatic heterocycles. The van der Waals surface area contributed by atoms with Crippen LogP contribution in [0.15, 0.2) is 150 Å². The summed E-state index contributed by atoms with van der Waals surface area (Å²) in [4.78, 5) is 53.7. The van der Waals surface area contributed by atoms with Gasteiger partial charge in [0.1, 0.15) is 28.8 Å². The number of rotatable bonds is 8. The molecule has 1 aliphatic carbocycles. The molecule has 6 aromatic rings. The topological polar surface area (TPSA) is 152 Å².